The molecule has 0 saturated carbocycles. The van der Waals surface area contributed by atoms with Gasteiger partial charge in [0, 0.05) is 25.2 Å². The molecule has 0 aliphatic carbocycles. The molecule has 11 heteroatoms. The number of carbonyl (C=O) groups excluding carboxylic acids is 4. The molecule has 0 bridgehead atoms. The summed E-state index contributed by atoms with van der Waals surface area (Å²) in [5.74, 6) is -1.17. The van der Waals surface area contributed by atoms with Crippen molar-refractivity contribution in [2.45, 2.75) is 77.6 Å². The highest BCUT2D eigenvalue weighted by molar-refractivity contribution is 5.92. The maximum absolute atomic E-state index is 13.6. The molecule has 11 nitrogen and oxygen atoms in total. The van der Waals surface area contributed by atoms with Crippen LogP contribution in [0.4, 0.5) is 10.6 Å². The summed E-state index contributed by atoms with van der Waals surface area (Å²) in [5, 5.41) is 5.56. The number of pyridine rings is 1. The molecule has 3 rings (SSSR count). The number of rotatable bonds is 10. The molecule has 2 heterocycles. The Labute approximate surface area is 235 Å². The molecule has 2 aromatic rings. The van der Waals surface area contributed by atoms with Crippen molar-refractivity contribution in [2.75, 3.05) is 12.3 Å². The number of hydrogen-bond donors (Lipinski definition) is 4. The number of hydrogen-bond acceptors (Lipinski definition) is 7. The number of benzene rings is 1. The van der Waals surface area contributed by atoms with Crippen LogP contribution in [0, 0.1) is 12.8 Å². The molecular weight excluding hydrogens is 512 g/mol. The number of nitrogen functional groups attached to an aromatic ring is 1. The smallest absolute Gasteiger partial charge is 0.410 e. The number of ether oxygens (including phenoxy) is 1. The highest BCUT2D eigenvalue weighted by Gasteiger charge is 2.42. The highest BCUT2D eigenvalue weighted by atomic mass is 16.6. The van der Waals surface area contributed by atoms with Crippen molar-refractivity contribution in [1.29, 1.82) is 0 Å². The number of primary amides is 1. The Kier molecular flexibility index (Phi) is 10.1. The zero-order valence-electron chi connectivity index (χ0n) is 23.6. The van der Waals surface area contributed by atoms with Gasteiger partial charge in [-0.05, 0) is 70.1 Å². The summed E-state index contributed by atoms with van der Waals surface area (Å²) in [5.41, 5.74) is 12.8. The van der Waals surface area contributed by atoms with Crippen molar-refractivity contribution >= 4 is 29.6 Å². The van der Waals surface area contributed by atoms with Crippen LogP contribution < -0.4 is 22.1 Å². The summed E-state index contributed by atoms with van der Waals surface area (Å²) in [4.78, 5) is 56.9. The lowest BCUT2D eigenvalue weighted by Crippen LogP contribution is -2.53. The van der Waals surface area contributed by atoms with Crippen LogP contribution in [-0.2, 0) is 32.1 Å². The molecule has 3 atom stereocenters. The van der Waals surface area contributed by atoms with E-state index in [1.165, 1.54) is 4.90 Å². The summed E-state index contributed by atoms with van der Waals surface area (Å²) < 4.78 is 5.59. The molecule has 6 N–H and O–H groups in total. The number of carbonyl (C=O) groups is 4. The number of amides is 4. The molecular formula is C29H40N6O5. The first-order valence-corrected chi connectivity index (χ1v) is 13.4. The van der Waals surface area contributed by atoms with Crippen LogP contribution in [0.3, 0.4) is 0 Å². The van der Waals surface area contributed by atoms with Crippen LogP contribution in [-0.4, -0.2) is 57.9 Å². The molecule has 1 aromatic heterocycles. The third-order valence-electron chi connectivity index (χ3n) is 6.67. The minimum Gasteiger partial charge on any atom is -0.444 e. The summed E-state index contributed by atoms with van der Waals surface area (Å²) in [7, 11) is 0. The quantitative estimate of drug-likeness (QED) is 0.350. The molecule has 1 fully saturated rings. The zero-order chi connectivity index (χ0) is 29.4. The normalized spacial score (nSPS) is 17.6. The Hall–Kier alpha value is -4.15. The number of nitrogens with one attached hydrogen (secondary N) is 2. The van der Waals surface area contributed by atoms with Crippen LogP contribution in [0.1, 0.15) is 56.9 Å². The molecule has 1 aliphatic heterocycles. The van der Waals surface area contributed by atoms with E-state index in [1.807, 2.05) is 30.3 Å². The van der Waals surface area contributed by atoms with E-state index in [2.05, 4.69) is 15.6 Å². The van der Waals surface area contributed by atoms with Gasteiger partial charge in [-0.1, -0.05) is 36.4 Å². The van der Waals surface area contributed by atoms with E-state index >= 15 is 0 Å². The van der Waals surface area contributed by atoms with Crippen molar-refractivity contribution in [3.8, 4) is 0 Å². The maximum atomic E-state index is 13.6. The average molecular weight is 553 g/mol. The Morgan fingerprint density at radius 1 is 1.12 bits per heavy atom. The van der Waals surface area contributed by atoms with Crippen molar-refractivity contribution in [2.24, 2.45) is 11.7 Å². The Bertz CT molecular complexity index is 1210. The van der Waals surface area contributed by atoms with Gasteiger partial charge in [-0.15, -0.1) is 0 Å². The van der Waals surface area contributed by atoms with Gasteiger partial charge in [-0.3, -0.25) is 19.3 Å². The second kappa shape index (κ2) is 13.3. The number of aromatic nitrogens is 1. The first kappa shape index (κ1) is 30.4. The third kappa shape index (κ3) is 8.96. The van der Waals surface area contributed by atoms with Gasteiger partial charge in [0.1, 0.15) is 23.5 Å². The molecule has 1 saturated heterocycles. The van der Waals surface area contributed by atoms with Gasteiger partial charge in [0.25, 0.3) is 0 Å². The van der Waals surface area contributed by atoms with E-state index in [9.17, 15) is 19.2 Å². The predicted molar refractivity (Wildman–Crippen MR) is 151 cm³/mol. The Morgan fingerprint density at radius 2 is 1.82 bits per heavy atom. The van der Waals surface area contributed by atoms with Gasteiger partial charge >= 0.3 is 6.09 Å². The summed E-state index contributed by atoms with van der Waals surface area (Å²) in [6.07, 6.45) is 0.411. The van der Waals surface area contributed by atoms with Gasteiger partial charge in [0.2, 0.25) is 17.7 Å². The fraction of sp³-hybridized carbons (Fsp3) is 0.483. The fourth-order valence-electron chi connectivity index (χ4n) is 4.71. The topological polar surface area (TPSA) is 170 Å². The standard InChI is InChI=1S/C29H40N6O5/c1-18-21(10-12-24(30)33-18)16-32-26(37)22(11-13-25(31)36)34-27(38)23-15-20(14-19-8-6-5-7-9-19)17-35(23)28(39)40-29(2,3)4/h5-10,12,20,22-23H,11,13-17H2,1-4H3,(H2,30,33)(H2,31,36)(H,32,37)(H,34,38)/t20-,22-,23+/m0/s1. The summed E-state index contributed by atoms with van der Waals surface area (Å²) >= 11 is 0. The molecule has 0 spiro atoms. The molecule has 40 heavy (non-hydrogen) atoms. The fourth-order valence-corrected chi connectivity index (χ4v) is 4.71. The predicted octanol–water partition coefficient (Wildman–Crippen LogP) is 2.21. The number of aryl methyl sites for hydroxylation is 1. The lowest BCUT2D eigenvalue weighted by molar-refractivity contribution is -0.132. The Morgan fingerprint density at radius 3 is 2.45 bits per heavy atom. The van der Waals surface area contributed by atoms with Gasteiger partial charge in [-0.25, -0.2) is 9.78 Å². The van der Waals surface area contributed by atoms with Gasteiger partial charge in [-0.2, -0.15) is 0 Å². The van der Waals surface area contributed by atoms with Crippen LogP contribution in [0.15, 0.2) is 42.5 Å². The number of likely N-dealkylation sites (tertiary alicyclic amines) is 1. The maximum Gasteiger partial charge on any atom is 0.410 e. The summed E-state index contributed by atoms with van der Waals surface area (Å²) in [6.45, 7) is 7.57. The van der Waals surface area contributed by atoms with E-state index in [1.54, 1.807) is 39.8 Å². The molecule has 216 valence electrons. The first-order chi connectivity index (χ1) is 18.8. The second-order valence-corrected chi connectivity index (χ2v) is 11.2. The minimum atomic E-state index is -1.03. The minimum absolute atomic E-state index is 0.0124. The Balaban J connectivity index is 1.75. The largest absolute Gasteiger partial charge is 0.444 e. The van der Waals surface area contributed by atoms with Crippen molar-refractivity contribution in [3.05, 3.63) is 59.3 Å². The highest BCUT2D eigenvalue weighted by Crippen LogP contribution is 2.28. The van der Waals surface area contributed by atoms with Crippen molar-refractivity contribution < 1.29 is 23.9 Å². The molecule has 0 radical (unpaired) electrons. The van der Waals surface area contributed by atoms with Crippen LogP contribution in [0.25, 0.3) is 0 Å². The van der Waals surface area contributed by atoms with Crippen LogP contribution >= 0.6 is 0 Å². The van der Waals surface area contributed by atoms with E-state index in [0.29, 0.717) is 30.9 Å². The first-order valence-electron chi connectivity index (χ1n) is 13.4. The van der Waals surface area contributed by atoms with Crippen LogP contribution in [0.2, 0.25) is 0 Å². The molecule has 1 aliphatic rings. The van der Waals surface area contributed by atoms with E-state index < -0.39 is 41.5 Å². The zero-order valence-corrected chi connectivity index (χ0v) is 23.6. The monoisotopic (exact) mass is 552 g/mol. The van der Waals surface area contributed by atoms with Gasteiger partial charge < -0.3 is 26.8 Å². The number of nitrogens with two attached hydrogens (primary N) is 2. The molecule has 1 aromatic carbocycles. The SMILES string of the molecule is Cc1nc(N)ccc1CNC(=O)[C@H](CCC(N)=O)NC(=O)[C@H]1C[C@H](Cc2ccccc2)CN1C(=O)OC(C)(C)C. The third-order valence-corrected chi connectivity index (χ3v) is 6.67. The van der Waals surface area contributed by atoms with E-state index in [0.717, 1.165) is 11.1 Å². The lowest BCUT2D eigenvalue weighted by atomic mass is 9.96. The number of anilines is 1. The lowest BCUT2D eigenvalue weighted by Gasteiger charge is -2.29. The van der Waals surface area contributed by atoms with E-state index in [4.69, 9.17) is 16.2 Å². The van der Waals surface area contributed by atoms with E-state index in [-0.39, 0.29) is 25.3 Å². The average Bonchev–Trinajstić information content (AvgIpc) is 3.29. The van der Waals surface area contributed by atoms with Crippen LogP contribution in [0.5, 0.6) is 0 Å². The van der Waals surface area contributed by atoms with Crippen molar-refractivity contribution in [1.82, 2.24) is 20.5 Å². The second-order valence-electron chi connectivity index (χ2n) is 11.2. The summed E-state index contributed by atoms with van der Waals surface area (Å²) in [6, 6.07) is 11.4. The van der Waals surface area contributed by atoms with Gasteiger partial charge in [0.05, 0.1) is 0 Å². The molecule has 0 unspecified atom stereocenters. The molecule has 4 amide bonds. The van der Waals surface area contributed by atoms with Crippen molar-refractivity contribution in [3.63, 3.8) is 0 Å². The van der Waals surface area contributed by atoms with Gasteiger partial charge in [0.15, 0.2) is 0 Å². The number of nitrogens with zero attached hydrogens (tertiary/aromatic N) is 2.